The van der Waals surface area contributed by atoms with Crippen LogP contribution in [0, 0.1) is 5.82 Å². The van der Waals surface area contributed by atoms with Crippen molar-refractivity contribution >= 4 is 21.9 Å². The van der Waals surface area contributed by atoms with E-state index in [1.54, 1.807) is 6.07 Å². The number of nitrogens with two attached hydrogens (primary N) is 2. The zero-order valence-electron chi connectivity index (χ0n) is 8.21. The van der Waals surface area contributed by atoms with E-state index in [-0.39, 0.29) is 11.8 Å². The summed E-state index contributed by atoms with van der Waals surface area (Å²) in [4.78, 5) is 3.83. The third kappa shape index (κ3) is 4.29. The molecule has 5 heteroatoms. The van der Waals surface area contributed by atoms with E-state index in [4.69, 9.17) is 11.5 Å². The van der Waals surface area contributed by atoms with Crippen LogP contribution in [0.1, 0.15) is 12.0 Å². The van der Waals surface area contributed by atoms with Crippen molar-refractivity contribution in [2.24, 2.45) is 16.5 Å². The first-order valence-corrected chi connectivity index (χ1v) is 5.38. The normalized spacial score (nSPS) is 10.0. The van der Waals surface area contributed by atoms with Gasteiger partial charge in [-0.15, -0.1) is 0 Å². The SMILES string of the molecule is NC(N)=NCCCc1ccc(Br)cc1F. The van der Waals surface area contributed by atoms with Crippen LogP contribution in [0.25, 0.3) is 0 Å². The maximum Gasteiger partial charge on any atom is 0.185 e. The highest BCUT2D eigenvalue weighted by atomic mass is 79.9. The van der Waals surface area contributed by atoms with Crippen LogP contribution in [0.15, 0.2) is 27.7 Å². The number of guanidine groups is 1. The Hall–Kier alpha value is -1.10. The van der Waals surface area contributed by atoms with Gasteiger partial charge in [-0.3, -0.25) is 4.99 Å². The predicted molar refractivity (Wildman–Crippen MR) is 63.1 cm³/mol. The fourth-order valence-corrected chi connectivity index (χ4v) is 1.54. The number of aliphatic imine (C=N–C) groups is 1. The molecule has 0 saturated carbocycles. The van der Waals surface area contributed by atoms with E-state index < -0.39 is 0 Å². The monoisotopic (exact) mass is 273 g/mol. The minimum absolute atomic E-state index is 0.0753. The molecule has 0 unspecified atom stereocenters. The Labute approximate surface area is 96.5 Å². The van der Waals surface area contributed by atoms with Gasteiger partial charge < -0.3 is 11.5 Å². The second-order valence-electron chi connectivity index (χ2n) is 3.15. The number of hydrogen-bond donors (Lipinski definition) is 2. The molecule has 0 aliphatic heterocycles. The first-order chi connectivity index (χ1) is 7.09. The molecule has 1 aromatic carbocycles. The summed E-state index contributed by atoms with van der Waals surface area (Å²) in [6.07, 6.45) is 1.37. The van der Waals surface area contributed by atoms with Crippen LogP contribution in [0.5, 0.6) is 0 Å². The summed E-state index contributed by atoms with van der Waals surface area (Å²) in [7, 11) is 0. The summed E-state index contributed by atoms with van der Waals surface area (Å²) < 4.78 is 14.1. The fourth-order valence-electron chi connectivity index (χ4n) is 1.20. The summed E-state index contributed by atoms with van der Waals surface area (Å²) in [5.41, 5.74) is 11.0. The minimum Gasteiger partial charge on any atom is -0.370 e. The standard InChI is InChI=1S/C10H13BrFN3/c11-8-4-3-7(9(12)6-8)2-1-5-15-10(13)14/h3-4,6H,1-2,5H2,(H4,13,14,15). The van der Waals surface area contributed by atoms with E-state index in [0.29, 0.717) is 18.5 Å². The van der Waals surface area contributed by atoms with E-state index in [1.807, 2.05) is 6.07 Å². The zero-order valence-corrected chi connectivity index (χ0v) is 9.80. The van der Waals surface area contributed by atoms with Gasteiger partial charge in [-0.25, -0.2) is 4.39 Å². The summed E-state index contributed by atoms with van der Waals surface area (Å²) in [5, 5.41) is 0. The van der Waals surface area contributed by atoms with Crippen LogP contribution in [0.4, 0.5) is 4.39 Å². The van der Waals surface area contributed by atoms with Crippen molar-refractivity contribution in [1.82, 2.24) is 0 Å². The maximum absolute atomic E-state index is 13.3. The Morgan fingerprint density at radius 3 is 2.73 bits per heavy atom. The number of aryl methyl sites for hydroxylation is 1. The lowest BCUT2D eigenvalue weighted by Gasteiger charge is -2.02. The maximum atomic E-state index is 13.3. The first kappa shape index (κ1) is 12.0. The molecule has 15 heavy (non-hydrogen) atoms. The van der Waals surface area contributed by atoms with Gasteiger partial charge in [0, 0.05) is 11.0 Å². The van der Waals surface area contributed by atoms with Gasteiger partial charge in [0.25, 0.3) is 0 Å². The molecule has 0 radical (unpaired) electrons. The van der Waals surface area contributed by atoms with Crippen LogP contribution >= 0.6 is 15.9 Å². The summed E-state index contributed by atoms with van der Waals surface area (Å²) >= 11 is 3.20. The smallest absolute Gasteiger partial charge is 0.185 e. The highest BCUT2D eigenvalue weighted by molar-refractivity contribution is 9.10. The van der Waals surface area contributed by atoms with Gasteiger partial charge in [0.05, 0.1) is 0 Å². The minimum atomic E-state index is -0.200. The summed E-state index contributed by atoms with van der Waals surface area (Å²) in [5.74, 6) is -0.125. The van der Waals surface area contributed by atoms with Crippen molar-refractivity contribution in [3.63, 3.8) is 0 Å². The van der Waals surface area contributed by atoms with Crippen molar-refractivity contribution in [3.05, 3.63) is 34.1 Å². The molecule has 0 aliphatic carbocycles. The average molecular weight is 274 g/mol. The molecule has 0 amide bonds. The Kier molecular flexibility index (Phi) is 4.55. The van der Waals surface area contributed by atoms with E-state index in [2.05, 4.69) is 20.9 Å². The lowest BCUT2D eigenvalue weighted by molar-refractivity contribution is 0.604. The molecule has 1 rings (SSSR count). The molecule has 0 aromatic heterocycles. The van der Waals surface area contributed by atoms with Crippen molar-refractivity contribution in [2.45, 2.75) is 12.8 Å². The molecule has 82 valence electrons. The van der Waals surface area contributed by atoms with Crippen LogP contribution in [-0.4, -0.2) is 12.5 Å². The van der Waals surface area contributed by atoms with Crippen molar-refractivity contribution in [1.29, 1.82) is 0 Å². The van der Waals surface area contributed by atoms with Crippen LogP contribution in [-0.2, 0) is 6.42 Å². The Morgan fingerprint density at radius 1 is 1.40 bits per heavy atom. The van der Waals surface area contributed by atoms with Gasteiger partial charge in [0.2, 0.25) is 0 Å². The van der Waals surface area contributed by atoms with Gasteiger partial charge in [-0.2, -0.15) is 0 Å². The van der Waals surface area contributed by atoms with E-state index >= 15 is 0 Å². The molecule has 0 heterocycles. The molecule has 0 bridgehead atoms. The number of nitrogens with zero attached hydrogens (tertiary/aromatic N) is 1. The van der Waals surface area contributed by atoms with Crippen molar-refractivity contribution in [2.75, 3.05) is 6.54 Å². The third-order valence-corrected chi connectivity index (χ3v) is 2.41. The Balaban J connectivity index is 2.47. The highest BCUT2D eigenvalue weighted by Gasteiger charge is 2.01. The zero-order chi connectivity index (χ0) is 11.3. The molecule has 0 fully saturated rings. The molecule has 4 N–H and O–H groups in total. The van der Waals surface area contributed by atoms with E-state index in [9.17, 15) is 4.39 Å². The third-order valence-electron chi connectivity index (χ3n) is 1.91. The number of hydrogen-bond acceptors (Lipinski definition) is 1. The van der Waals surface area contributed by atoms with Crippen LogP contribution < -0.4 is 11.5 Å². The van der Waals surface area contributed by atoms with Crippen LogP contribution in [0.3, 0.4) is 0 Å². The van der Waals surface area contributed by atoms with E-state index in [1.165, 1.54) is 6.07 Å². The Bertz CT molecular complexity index is 362. The summed E-state index contributed by atoms with van der Waals surface area (Å²) in [6.45, 7) is 0.526. The molecule has 1 aromatic rings. The molecular formula is C10H13BrFN3. The van der Waals surface area contributed by atoms with Crippen molar-refractivity contribution < 1.29 is 4.39 Å². The average Bonchev–Trinajstić information content (AvgIpc) is 2.14. The largest absolute Gasteiger partial charge is 0.370 e. The van der Waals surface area contributed by atoms with Gasteiger partial charge in [-0.1, -0.05) is 22.0 Å². The quantitative estimate of drug-likeness (QED) is 0.499. The lowest BCUT2D eigenvalue weighted by Crippen LogP contribution is -2.23. The van der Waals surface area contributed by atoms with Crippen LogP contribution in [0.2, 0.25) is 0 Å². The molecule has 3 nitrogen and oxygen atoms in total. The van der Waals surface area contributed by atoms with Gasteiger partial charge >= 0.3 is 0 Å². The molecule has 0 aliphatic rings. The van der Waals surface area contributed by atoms with Gasteiger partial charge in [0.1, 0.15) is 5.82 Å². The number of benzene rings is 1. The highest BCUT2D eigenvalue weighted by Crippen LogP contribution is 2.16. The molecule has 0 spiro atoms. The predicted octanol–water partition coefficient (Wildman–Crippen LogP) is 1.79. The molecular weight excluding hydrogens is 261 g/mol. The second-order valence-corrected chi connectivity index (χ2v) is 4.06. The number of halogens is 2. The first-order valence-electron chi connectivity index (χ1n) is 4.59. The topological polar surface area (TPSA) is 64.4 Å². The number of rotatable bonds is 4. The van der Waals surface area contributed by atoms with E-state index in [0.717, 1.165) is 10.9 Å². The fraction of sp³-hybridized carbons (Fsp3) is 0.300. The van der Waals surface area contributed by atoms with Gasteiger partial charge in [0.15, 0.2) is 5.96 Å². The summed E-state index contributed by atoms with van der Waals surface area (Å²) in [6, 6.07) is 5.03. The van der Waals surface area contributed by atoms with Crippen molar-refractivity contribution in [3.8, 4) is 0 Å². The van der Waals surface area contributed by atoms with Gasteiger partial charge in [-0.05, 0) is 30.5 Å². The Morgan fingerprint density at radius 2 is 2.13 bits per heavy atom. The lowest BCUT2D eigenvalue weighted by atomic mass is 10.1. The second kappa shape index (κ2) is 5.70. The molecule has 0 saturated heterocycles. The molecule has 0 atom stereocenters.